The summed E-state index contributed by atoms with van der Waals surface area (Å²) in [5.74, 6) is 1.64. The molecule has 0 amide bonds. The molecule has 1 N–H and O–H groups in total. The molecule has 3 aromatic rings. The van der Waals surface area contributed by atoms with Gasteiger partial charge in [0.05, 0.1) is 17.4 Å². The van der Waals surface area contributed by atoms with Crippen molar-refractivity contribution in [2.24, 2.45) is 22.7 Å². The Balaban J connectivity index is 1.51. The van der Waals surface area contributed by atoms with Gasteiger partial charge in [-0.1, -0.05) is 81.4 Å². The summed E-state index contributed by atoms with van der Waals surface area (Å²) in [5.41, 5.74) is 9.12. The molecule has 0 bridgehead atoms. The zero-order valence-electron chi connectivity index (χ0n) is 23.5. The van der Waals surface area contributed by atoms with Crippen molar-refractivity contribution in [3.8, 4) is 17.2 Å². The predicted octanol–water partition coefficient (Wildman–Crippen LogP) is 8.15. The van der Waals surface area contributed by atoms with Gasteiger partial charge in [0, 0.05) is 33.8 Å². The molecule has 2 atom stereocenters. The highest BCUT2D eigenvalue weighted by atomic mass is 17.2. The van der Waals surface area contributed by atoms with Gasteiger partial charge in [-0.2, -0.15) is 5.26 Å². The van der Waals surface area contributed by atoms with E-state index in [0.717, 1.165) is 69.4 Å². The molecule has 1 fully saturated rings. The molecule has 1 aliphatic carbocycles. The lowest BCUT2D eigenvalue weighted by Crippen LogP contribution is -2.36. The first kappa shape index (κ1) is 26.9. The Morgan fingerprint density at radius 2 is 1.56 bits per heavy atom. The zero-order valence-corrected chi connectivity index (χ0v) is 23.5. The van der Waals surface area contributed by atoms with Crippen LogP contribution in [0, 0.1) is 36.0 Å². The average molecular weight is 520 g/mol. The molecule has 5 heteroatoms. The minimum absolute atomic E-state index is 0.0929. The van der Waals surface area contributed by atoms with E-state index in [2.05, 4.69) is 50.0 Å². The average Bonchev–Trinajstić information content (AvgIpc) is 3.41. The van der Waals surface area contributed by atoms with Gasteiger partial charge in [0.15, 0.2) is 0 Å². The van der Waals surface area contributed by atoms with Gasteiger partial charge in [-0.15, -0.1) is 0 Å². The summed E-state index contributed by atoms with van der Waals surface area (Å²) in [6, 6.07) is 22.7. The number of aryl methyl sites for hydroxylation is 1. The Morgan fingerprint density at radius 1 is 0.949 bits per heavy atom. The van der Waals surface area contributed by atoms with Crippen LogP contribution in [-0.2, 0) is 9.78 Å². The largest absolute Gasteiger partial charge is 0.357 e. The van der Waals surface area contributed by atoms with Gasteiger partial charge in [0.25, 0.3) is 0 Å². The Morgan fingerprint density at radius 3 is 2.18 bits per heavy atom. The first-order chi connectivity index (χ1) is 18.9. The quantitative estimate of drug-likeness (QED) is 0.253. The number of nitriles is 1. The van der Waals surface area contributed by atoms with Crippen LogP contribution in [0.25, 0.3) is 22.8 Å². The van der Waals surface area contributed by atoms with Gasteiger partial charge >= 0.3 is 0 Å². The first-order valence-corrected chi connectivity index (χ1v) is 13.9. The third-order valence-corrected chi connectivity index (χ3v) is 8.07. The van der Waals surface area contributed by atoms with Crippen molar-refractivity contribution in [2.45, 2.75) is 53.6 Å². The highest BCUT2D eigenvalue weighted by Crippen LogP contribution is 2.39. The van der Waals surface area contributed by atoms with E-state index in [-0.39, 0.29) is 6.10 Å². The molecule has 5 nitrogen and oxygen atoms in total. The van der Waals surface area contributed by atoms with Gasteiger partial charge in [-0.3, -0.25) is 4.99 Å². The number of benzene rings is 2. The van der Waals surface area contributed by atoms with Crippen LogP contribution in [0.2, 0.25) is 0 Å². The van der Waals surface area contributed by atoms with Crippen LogP contribution in [0.5, 0.6) is 0 Å². The summed E-state index contributed by atoms with van der Waals surface area (Å²) in [5, 5.41) is 9.95. The Kier molecular flexibility index (Phi) is 7.97. The van der Waals surface area contributed by atoms with E-state index in [4.69, 9.17) is 14.8 Å². The number of hydrogen-bond acceptors (Lipinski definition) is 4. The van der Waals surface area contributed by atoms with Crippen LogP contribution in [0.15, 0.2) is 76.9 Å². The zero-order chi connectivity index (χ0) is 27.5. The van der Waals surface area contributed by atoms with Crippen molar-refractivity contribution in [3.05, 3.63) is 94.4 Å². The van der Waals surface area contributed by atoms with E-state index in [0.29, 0.717) is 24.0 Å². The highest BCUT2D eigenvalue weighted by molar-refractivity contribution is 6.14. The number of aromatic nitrogens is 1. The normalized spacial score (nSPS) is 24.2. The van der Waals surface area contributed by atoms with E-state index in [1.165, 1.54) is 0 Å². The van der Waals surface area contributed by atoms with Gasteiger partial charge in [0.1, 0.15) is 12.7 Å². The molecule has 1 saturated carbocycles. The number of H-pyrrole nitrogens is 1. The molecular formula is C34H37N3O2. The maximum absolute atomic E-state index is 9.95. The molecule has 0 saturated heterocycles. The molecule has 2 unspecified atom stereocenters. The molecular weight excluding hydrogens is 482 g/mol. The molecule has 2 aliphatic rings. The standard InChI is InChI=1S/C34H37N3O2/c1-21-16-22(2)34(23(3)17-21)39-38-20-29-25(5)37-31(33(29)27-14-10-7-11-15-27)18-30-32(26-12-8-6-9-13-26)28(19-35)24(4)36-30/h6-15,18,21-23,34,36H,16-17,20H2,1-5H3. The second-order valence-corrected chi connectivity index (χ2v) is 11.2. The van der Waals surface area contributed by atoms with E-state index < -0.39 is 0 Å². The van der Waals surface area contributed by atoms with Gasteiger partial charge in [-0.25, -0.2) is 9.78 Å². The number of aliphatic imine (C=N–C) groups is 1. The van der Waals surface area contributed by atoms with E-state index in [9.17, 15) is 5.26 Å². The third-order valence-electron chi connectivity index (χ3n) is 8.07. The first-order valence-electron chi connectivity index (χ1n) is 13.9. The number of nitrogens with zero attached hydrogens (tertiary/aromatic N) is 2. The van der Waals surface area contributed by atoms with Crippen molar-refractivity contribution in [3.63, 3.8) is 0 Å². The van der Waals surface area contributed by atoms with Gasteiger partial charge < -0.3 is 4.98 Å². The van der Waals surface area contributed by atoms with Crippen molar-refractivity contribution in [1.82, 2.24) is 4.98 Å². The van der Waals surface area contributed by atoms with Crippen LogP contribution in [0.3, 0.4) is 0 Å². The second-order valence-electron chi connectivity index (χ2n) is 11.2. The smallest absolute Gasteiger partial charge is 0.110 e. The van der Waals surface area contributed by atoms with Crippen molar-refractivity contribution < 1.29 is 9.78 Å². The van der Waals surface area contributed by atoms with Crippen LogP contribution in [0.4, 0.5) is 0 Å². The third kappa shape index (κ3) is 5.54. The summed E-state index contributed by atoms with van der Waals surface area (Å²) in [4.78, 5) is 20.5. The van der Waals surface area contributed by atoms with E-state index >= 15 is 0 Å². The lowest BCUT2D eigenvalue weighted by Gasteiger charge is -2.36. The fourth-order valence-corrected chi connectivity index (χ4v) is 6.34. The summed E-state index contributed by atoms with van der Waals surface area (Å²) in [7, 11) is 0. The monoisotopic (exact) mass is 519 g/mol. The molecule has 1 aliphatic heterocycles. The predicted molar refractivity (Wildman–Crippen MR) is 158 cm³/mol. The van der Waals surface area contributed by atoms with Crippen LogP contribution < -0.4 is 0 Å². The molecule has 0 radical (unpaired) electrons. The fourth-order valence-electron chi connectivity index (χ4n) is 6.34. The topological polar surface area (TPSA) is 70.4 Å². The molecule has 2 heterocycles. The second kappa shape index (κ2) is 11.6. The van der Waals surface area contributed by atoms with E-state index in [1.807, 2.05) is 62.4 Å². The molecule has 0 spiro atoms. The Bertz CT molecular complexity index is 1450. The van der Waals surface area contributed by atoms with E-state index in [1.54, 1.807) is 0 Å². The minimum Gasteiger partial charge on any atom is -0.357 e. The summed E-state index contributed by atoms with van der Waals surface area (Å²) >= 11 is 0. The van der Waals surface area contributed by atoms with Gasteiger partial charge in [-0.05, 0) is 61.6 Å². The van der Waals surface area contributed by atoms with Crippen molar-refractivity contribution in [1.29, 1.82) is 5.26 Å². The lowest BCUT2D eigenvalue weighted by atomic mass is 9.75. The Labute approximate surface area is 231 Å². The maximum atomic E-state index is 9.95. The van der Waals surface area contributed by atoms with Crippen molar-refractivity contribution >= 4 is 17.4 Å². The summed E-state index contributed by atoms with van der Waals surface area (Å²) in [6.07, 6.45) is 4.47. The molecule has 5 rings (SSSR count). The summed E-state index contributed by atoms with van der Waals surface area (Å²) < 4.78 is 0. The van der Waals surface area contributed by atoms with Crippen LogP contribution >= 0.6 is 0 Å². The van der Waals surface area contributed by atoms with Crippen LogP contribution in [-0.4, -0.2) is 23.4 Å². The lowest BCUT2D eigenvalue weighted by molar-refractivity contribution is -0.340. The fraction of sp³-hybridized carbons (Fsp3) is 0.353. The number of nitrogens with one attached hydrogen (secondary N) is 1. The number of hydrogen-bond donors (Lipinski definition) is 1. The van der Waals surface area contributed by atoms with Crippen molar-refractivity contribution in [2.75, 3.05) is 6.61 Å². The SMILES string of the molecule is CC1=NC(=Cc2[nH]c(C)c(C#N)c2-c2ccccc2)C(c2ccccc2)=C1COOC1C(C)CC(C)CC1C. The maximum Gasteiger partial charge on any atom is 0.110 e. The molecule has 1 aromatic heterocycles. The van der Waals surface area contributed by atoms with Gasteiger partial charge in [0.2, 0.25) is 0 Å². The number of allylic oxidation sites excluding steroid dienone is 1. The van der Waals surface area contributed by atoms with Crippen LogP contribution in [0.1, 0.15) is 63.1 Å². The number of aromatic amines is 1. The summed E-state index contributed by atoms with van der Waals surface area (Å²) in [6.45, 7) is 11.1. The molecule has 39 heavy (non-hydrogen) atoms. The molecule has 2 aromatic carbocycles. The molecule has 200 valence electrons. The minimum atomic E-state index is 0.0929. The number of rotatable bonds is 7. The highest BCUT2D eigenvalue weighted by Gasteiger charge is 2.33. The Hall–Kier alpha value is -3.72.